The summed E-state index contributed by atoms with van der Waals surface area (Å²) in [6.07, 6.45) is -0.300. The Bertz CT molecular complexity index is 955. The zero-order chi connectivity index (χ0) is 21.6. The molecule has 1 amide bonds. The Balaban J connectivity index is 1.79. The minimum Gasteiger partial charge on any atom is -0.489 e. The normalized spacial score (nSPS) is 19.5. The third kappa shape index (κ3) is 5.56. The number of rotatable bonds is 9. The molecule has 1 N–H and O–H groups in total. The van der Waals surface area contributed by atoms with Crippen molar-refractivity contribution in [2.45, 2.75) is 24.3 Å². The van der Waals surface area contributed by atoms with E-state index in [0.29, 0.717) is 12.4 Å². The Labute approximate surface area is 175 Å². The predicted octanol–water partition coefficient (Wildman–Crippen LogP) is 1.94. The summed E-state index contributed by atoms with van der Waals surface area (Å²) < 4.78 is 52.2. The minimum atomic E-state index is -3.96. The van der Waals surface area contributed by atoms with Crippen molar-refractivity contribution >= 4 is 15.9 Å². The van der Waals surface area contributed by atoms with E-state index >= 15 is 0 Å². The Morgan fingerprint density at radius 2 is 1.87 bits per heavy atom. The first-order valence-electron chi connectivity index (χ1n) is 9.62. The third-order valence-electron chi connectivity index (χ3n) is 4.82. The van der Waals surface area contributed by atoms with Crippen LogP contribution in [0.1, 0.15) is 12.0 Å². The number of benzene rings is 2. The predicted molar refractivity (Wildman–Crippen MR) is 110 cm³/mol. The highest BCUT2D eigenvalue weighted by molar-refractivity contribution is 7.88. The molecule has 0 saturated carbocycles. The van der Waals surface area contributed by atoms with Crippen LogP contribution < -0.4 is 10.1 Å². The first-order valence-corrected chi connectivity index (χ1v) is 11.2. The van der Waals surface area contributed by atoms with E-state index in [2.05, 4.69) is 5.32 Å². The number of hydrogen-bond donors (Lipinski definition) is 1. The third-order valence-corrected chi connectivity index (χ3v) is 6.62. The number of ether oxygens (including phenoxy) is 2. The van der Waals surface area contributed by atoms with Gasteiger partial charge in [0, 0.05) is 25.6 Å². The number of sulfonamides is 1. The van der Waals surface area contributed by atoms with Crippen LogP contribution in [0.4, 0.5) is 4.39 Å². The van der Waals surface area contributed by atoms with Crippen molar-refractivity contribution < 1.29 is 27.1 Å². The van der Waals surface area contributed by atoms with Gasteiger partial charge < -0.3 is 14.8 Å². The second-order valence-electron chi connectivity index (χ2n) is 7.01. The molecular formula is C21H25FN2O5S. The van der Waals surface area contributed by atoms with E-state index in [-0.39, 0.29) is 25.1 Å². The average molecular weight is 437 g/mol. The number of halogens is 1. The molecule has 0 radical (unpaired) electrons. The van der Waals surface area contributed by atoms with E-state index in [4.69, 9.17) is 9.47 Å². The molecule has 2 atom stereocenters. The molecule has 2 aromatic carbocycles. The number of methoxy groups -OCH3 is 1. The van der Waals surface area contributed by atoms with E-state index in [0.717, 1.165) is 4.31 Å². The van der Waals surface area contributed by atoms with Gasteiger partial charge in [-0.15, -0.1) is 0 Å². The number of carbonyl (C=O) groups is 1. The van der Waals surface area contributed by atoms with Gasteiger partial charge in [0.25, 0.3) is 0 Å². The van der Waals surface area contributed by atoms with Gasteiger partial charge in [-0.3, -0.25) is 4.79 Å². The quantitative estimate of drug-likeness (QED) is 0.608. The highest BCUT2D eigenvalue weighted by Crippen LogP contribution is 2.28. The highest BCUT2D eigenvalue weighted by Gasteiger charge is 2.44. The number of hydrogen-bond acceptors (Lipinski definition) is 5. The maximum absolute atomic E-state index is 14.0. The summed E-state index contributed by atoms with van der Waals surface area (Å²) in [4.78, 5) is 12.7. The largest absolute Gasteiger partial charge is 0.489 e. The van der Waals surface area contributed by atoms with Gasteiger partial charge in [0.2, 0.25) is 15.9 Å². The molecule has 0 aromatic heterocycles. The molecule has 1 saturated heterocycles. The van der Waals surface area contributed by atoms with E-state index in [1.165, 1.54) is 25.3 Å². The van der Waals surface area contributed by atoms with Crippen molar-refractivity contribution in [3.63, 3.8) is 0 Å². The zero-order valence-corrected chi connectivity index (χ0v) is 17.5. The van der Waals surface area contributed by atoms with E-state index < -0.39 is 39.6 Å². The van der Waals surface area contributed by atoms with Crippen LogP contribution >= 0.6 is 0 Å². The van der Waals surface area contributed by atoms with Gasteiger partial charge in [-0.2, -0.15) is 4.31 Å². The van der Waals surface area contributed by atoms with Gasteiger partial charge in [-0.05, 0) is 18.2 Å². The lowest BCUT2D eigenvalue weighted by Crippen LogP contribution is -2.46. The second kappa shape index (κ2) is 10.0. The maximum atomic E-state index is 14.0. The van der Waals surface area contributed by atoms with Crippen molar-refractivity contribution in [1.82, 2.24) is 9.62 Å². The molecule has 0 aliphatic carbocycles. The van der Waals surface area contributed by atoms with Crippen molar-refractivity contribution in [2.24, 2.45) is 0 Å². The molecule has 162 valence electrons. The fourth-order valence-electron chi connectivity index (χ4n) is 3.38. The molecule has 1 fully saturated rings. The van der Waals surface area contributed by atoms with Gasteiger partial charge in [0.15, 0.2) is 0 Å². The molecule has 0 bridgehead atoms. The molecule has 7 nitrogen and oxygen atoms in total. The SMILES string of the molecule is COCCNC(=O)[C@@H]1C[C@H](Oc2ccccc2)CN1S(=O)(=O)Cc1ccccc1F. The molecule has 30 heavy (non-hydrogen) atoms. The van der Waals surface area contributed by atoms with Gasteiger partial charge >= 0.3 is 0 Å². The van der Waals surface area contributed by atoms with E-state index in [1.54, 1.807) is 18.2 Å². The highest BCUT2D eigenvalue weighted by atomic mass is 32.2. The molecule has 1 heterocycles. The molecule has 1 aliphatic heterocycles. The zero-order valence-electron chi connectivity index (χ0n) is 16.7. The number of amides is 1. The Morgan fingerprint density at radius 1 is 1.17 bits per heavy atom. The van der Waals surface area contributed by atoms with Crippen LogP contribution in [-0.2, 0) is 25.3 Å². The maximum Gasteiger partial charge on any atom is 0.238 e. The molecule has 1 aliphatic rings. The Hall–Kier alpha value is -2.49. The van der Waals surface area contributed by atoms with Gasteiger partial charge in [-0.1, -0.05) is 36.4 Å². The molecule has 9 heteroatoms. The number of carbonyl (C=O) groups excluding carboxylic acids is 1. The van der Waals surface area contributed by atoms with Crippen LogP contribution in [0.2, 0.25) is 0 Å². The fraction of sp³-hybridized carbons (Fsp3) is 0.381. The first kappa shape index (κ1) is 22.2. The lowest BCUT2D eigenvalue weighted by Gasteiger charge is -2.23. The lowest BCUT2D eigenvalue weighted by molar-refractivity contribution is -0.124. The molecule has 0 unspecified atom stereocenters. The average Bonchev–Trinajstić information content (AvgIpc) is 3.15. The number of nitrogens with one attached hydrogen (secondary N) is 1. The minimum absolute atomic E-state index is 0.00798. The van der Waals surface area contributed by atoms with Crippen LogP contribution in [0.25, 0.3) is 0 Å². The van der Waals surface area contributed by atoms with Crippen LogP contribution in [0.15, 0.2) is 54.6 Å². The fourth-order valence-corrected chi connectivity index (χ4v) is 5.14. The van der Waals surface area contributed by atoms with Gasteiger partial charge in [-0.25, -0.2) is 12.8 Å². The first-order chi connectivity index (χ1) is 14.4. The van der Waals surface area contributed by atoms with Crippen molar-refractivity contribution in [3.05, 3.63) is 66.0 Å². The lowest BCUT2D eigenvalue weighted by atomic mass is 10.2. The number of nitrogens with zero attached hydrogens (tertiary/aromatic N) is 1. The summed E-state index contributed by atoms with van der Waals surface area (Å²) >= 11 is 0. The van der Waals surface area contributed by atoms with Crippen LogP contribution in [0.3, 0.4) is 0 Å². The standard InChI is InChI=1S/C21H25FN2O5S/c1-28-12-11-23-21(25)20-13-18(29-17-8-3-2-4-9-17)14-24(20)30(26,27)15-16-7-5-6-10-19(16)22/h2-10,18,20H,11-15H2,1H3,(H,23,25)/t18-,20-/m0/s1. The van der Waals surface area contributed by atoms with Gasteiger partial charge in [0.1, 0.15) is 23.7 Å². The van der Waals surface area contributed by atoms with Crippen LogP contribution in [0.5, 0.6) is 5.75 Å². The monoisotopic (exact) mass is 436 g/mol. The Morgan fingerprint density at radius 3 is 2.57 bits per heavy atom. The second-order valence-corrected chi connectivity index (χ2v) is 8.93. The van der Waals surface area contributed by atoms with Gasteiger partial charge in [0.05, 0.1) is 18.9 Å². The summed E-state index contributed by atoms with van der Waals surface area (Å²) in [5.41, 5.74) is 0.0588. The van der Waals surface area contributed by atoms with Crippen LogP contribution in [-0.4, -0.2) is 57.6 Å². The summed E-state index contributed by atoms with van der Waals surface area (Å²) in [6, 6.07) is 13.8. The molecule has 2 aromatic rings. The topological polar surface area (TPSA) is 84.9 Å². The number of para-hydroxylation sites is 1. The molecular weight excluding hydrogens is 411 g/mol. The molecule has 3 rings (SSSR count). The van der Waals surface area contributed by atoms with E-state index in [1.807, 2.05) is 18.2 Å². The Kier molecular flexibility index (Phi) is 7.41. The smallest absolute Gasteiger partial charge is 0.238 e. The van der Waals surface area contributed by atoms with E-state index in [9.17, 15) is 17.6 Å². The summed E-state index contributed by atoms with van der Waals surface area (Å²) in [7, 11) is -2.45. The van der Waals surface area contributed by atoms with Crippen molar-refractivity contribution in [1.29, 1.82) is 0 Å². The summed E-state index contributed by atoms with van der Waals surface area (Å²) in [5.74, 6) is -0.962. The summed E-state index contributed by atoms with van der Waals surface area (Å²) in [5, 5.41) is 2.69. The molecule has 0 spiro atoms. The van der Waals surface area contributed by atoms with Crippen molar-refractivity contribution in [2.75, 3.05) is 26.8 Å². The summed E-state index contributed by atoms with van der Waals surface area (Å²) in [6.45, 7) is 0.579. The van der Waals surface area contributed by atoms with Crippen LogP contribution in [0, 0.1) is 5.82 Å². The van der Waals surface area contributed by atoms with Crippen molar-refractivity contribution in [3.8, 4) is 5.75 Å².